The van der Waals surface area contributed by atoms with Crippen molar-refractivity contribution in [2.24, 2.45) is 0 Å². The Hall–Kier alpha value is -3.42. The van der Waals surface area contributed by atoms with E-state index >= 15 is 0 Å². The minimum absolute atomic E-state index is 0.0162. The smallest absolute Gasteiger partial charge is 0.343 e. The molecule has 1 unspecified atom stereocenters. The number of benzene rings is 1. The SMILES string of the molecule is CC(NC(=O)c1cc([N+](=O)[O-])[nH]n1)c1ccc(-n2cccc2)cc1. The van der Waals surface area contributed by atoms with Crippen molar-refractivity contribution >= 4 is 11.7 Å². The highest BCUT2D eigenvalue weighted by Gasteiger charge is 2.18. The van der Waals surface area contributed by atoms with Crippen molar-refractivity contribution in [1.29, 1.82) is 0 Å². The highest BCUT2D eigenvalue weighted by atomic mass is 16.6. The number of hydrogen-bond donors (Lipinski definition) is 2. The second-order valence-electron chi connectivity index (χ2n) is 5.27. The molecule has 1 aromatic carbocycles. The van der Waals surface area contributed by atoms with E-state index in [9.17, 15) is 14.9 Å². The van der Waals surface area contributed by atoms with Gasteiger partial charge in [0.25, 0.3) is 5.91 Å². The van der Waals surface area contributed by atoms with E-state index in [0.29, 0.717) is 0 Å². The van der Waals surface area contributed by atoms with E-state index in [2.05, 4.69) is 15.5 Å². The first-order chi connectivity index (χ1) is 11.5. The molecule has 0 aliphatic rings. The molecule has 0 fully saturated rings. The summed E-state index contributed by atoms with van der Waals surface area (Å²) >= 11 is 0. The fourth-order valence-corrected chi connectivity index (χ4v) is 2.32. The molecule has 0 saturated carbocycles. The van der Waals surface area contributed by atoms with Gasteiger partial charge in [0, 0.05) is 18.1 Å². The number of amides is 1. The van der Waals surface area contributed by atoms with Gasteiger partial charge in [-0.25, -0.2) is 0 Å². The first-order valence-electron chi connectivity index (χ1n) is 7.28. The summed E-state index contributed by atoms with van der Waals surface area (Å²) in [6.07, 6.45) is 3.90. The van der Waals surface area contributed by atoms with Gasteiger partial charge in [-0.3, -0.25) is 4.79 Å². The number of carbonyl (C=O) groups excluding carboxylic acids is 1. The molecule has 8 heteroatoms. The summed E-state index contributed by atoms with van der Waals surface area (Å²) in [4.78, 5) is 22.1. The summed E-state index contributed by atoms with van der Waals surface area (Å²) in [6, 6.07) is 12.5. The second kappa shape index (κ2) is 6.37. The lowest BCUT2D eigenvalue weighted by molar-refractivity contribution is -0.389. The predicted octanol–water partition coefficient (Wildman–Crippen LogP) is 2.60. The number of carbonyl (C=O) groups is 1. The van der Waals surface area contributed by atoms with Crippen LogP contribution >= 0.6 is 0 Å². The maximum absolute atomic E-state index is 12.1. The molecular weight excluding hydrogens is 310 g/mol. The quantitative estimate of drug-likeness (QED) is 0.555. The number of nitro groups is 1. The lowest BCUT2D eigenvalue weighted by Crippen LogP contribution is -2.26. The standard InChI is InChI=1S/C16H15N5O3/c1-11(17-16(22)14-10-15(19-18-14)21(23)24)12-4-6-13(7-5-12)20-8-2-3-9-20/h2-11H,1H3,(H,17,22)(H,18,19). The third kappa shape index (κ3) is 3.17. The van der Waals surface area contributed by atoms with Gasteiger partial charge in [0.1, 0.15) is 0 Å². The molecule has 0 saturated heterocycles. The maximum Gasteiger partial charge on any atom is 0.343 e. The average molecular weight is 325 g/mol. The van der Waals surface area contributed by atoms with Gasteiger partial charge in [-0.1, -0.05) is 17.2 Å². The number of H-pyrrole nitrogens is 1. The molecule has 3 aromatic rings. The van der Waals surface area contributed by atoms with Crippen LogP contribution in [0.3, 0.4) is 0 Å². The van der Waals surface area contributed by atoms with Crippen molar-refractivity contribution in [2.45, 2.75) is 13.0 Å². The summed E-state index contributed by atoms with van der Waals surface area (Å²) in [5.74, 6) is -0.787. The van der Waals surface area contributed by atoms with Crippen molar-refractivity contribution < 1.29 is 9.72 Å². The third-order valence-electron chi connectivity index (χ3n) is 3.64. The summed E-state index contributed by atoms with van der Waals surface area (Å²) in [6.45, 7) is 1.84. The minimum atomic E-state index is -0.632. The molecule has 8 nitrogen and oxygen atoms in total. The van der Waals surface area contributed by atoms with E-state index in [1.54, 1.807) is 0 Å². The van der Waals surface area contributed by atoms with Crippen LogP contribution in [0.2, 0.25) is 0 Å². The molecule has 0 spiro atoms. The van der Waals surface area contributed by atoms with Gasteiger partial charge in [-0.05, 0) is 41.7 Å². The van der Waals surface area contributed by atoms with Crippen molar-refractivity contribution in [2.75, 3.05) is 0 Å². The normalized spacial score (nSPS) is 11.9. The Morgan fingerprint density at radius 3 is 2.54 bits per heavy atom. The lowest BCUT2D eigenvalue weighted by Gasteiger charge is -2.14. The van der Waals surface area contributed by atoms with Crippen LogP contribution in [0.15, 0.2) is 54.9 Å². The molecule has 2 N–H and O–H groups in total. The van der Waals surface area contributed by atoms with Gasteiger partial charge in [-0.15, -0.1) is 5.10 Å². The van der Waals surface area contributed by atoms with E-state index < -0.39 is 10.8 Å². The van der Waals surface area contributed by atoms with Crippen molar-refractivity contribution in [3.63, 3.8) is 0 Å². The second-order valence-corrected chi connectivity index (χ2v) is 5.27. The Labute approximate surface area is 137 Å². The van der Waals surface area contributed by atoms with Crippen LogP contribution in [-0.4, -0.2) is 25.6 Å². The van der Waals surface area contributed by atoms with Gasteiger partial charge < -0.3 is 20.0 Å². The number of hydrogen-bond acceptors (Lipinski definition) is 4. The molecule has 0 aliphatic carbocycles. The van der Waals surface area contributed by atoms with Crippen LogP contribution in [0.1, 0.15) is 29.0 Å². The van der Waals surface area contributed by atoms with Crippen LogP contribution in [-0.2, 0) is 0 Å². The Morgan fingerprint density at radius 2 is 1.96 bits per heavy atom. The van der Waals surface area contributed by atoms with Crippen molar-refractivity contribution in [3.05, 3.63) is 76.2 Å². The van der Waals surface area contributed by atoms with Crippen LogP contribution in [0.25, 0.3) is 5.69 Å². The Balaban J connectivity index is 1.68. The monoisotopic (exact) mass is 325 g/mol. The molecule has 0 radical (unpaired) electrons. The third-order valence-corrected chi connectivity index (χ3v) is 3.64. The predicted molar refractivity (Wildman–Crippen MR) is 86.9 cm³/mol. The highest BCUT2D eigenvalue weighted by molar-refractivity contribution is 5.93. The molecule has 1 atom stereocenters. The number of nitrogens with one attached hydrogen (secondary N) is 2. The van der Waals surface area contributed by atoms with Crippen LogP contribution in [0.5, 0.6) is 0 Å². The van der Waals surface area contributed by atoms with E-state index in [1.165, 1.54) is 0 Å². The zero-order chi connectivity index (χ0) is 17.1. The maximum atomic E-state index is 12.1. The lowest BCUT2D eigenvalue weighted by atomic mass is 10.1. The molecule has 24 heavy (non-hydrogen) atoms. The molecule has 0 bridgehead atoms. The Kier molecular flexibility index (Phi) is 4.11. The number of rotatable bonds is 5. The van der Waals surface area contributed by atoms with Crippen LogP contribution < -0.4 is 5.32 Å². The van der Waals surface area contributed by atoms with Gasteiger partial charge in [0.15, 0.2) is 5.69 Å². The van der Waals surface area contributed by atoms with E-state index in [4.69, 9.17) is 0 Å². The number of nitrogens with zero attached hydrogens (tertiary/aromatic N) is 3. The fourth-order valence-electron chi connectivity index (χ4n) is 2.32. The van der Waals surface area contributed by atoms with Crippen LogP contribution in [0, 0.1) is 10.1 Å². The van der Waals surface area contributed by atoms with Gasteiger partial charge in [-0.2, -0.15) is 0 Å². The Bertz CT molecular complexity index is 852. The van der Waals surface area contributed by atoms with Crippen LogP contribution in [0.4, 0.5) is 5.82 Å². The number of aromatic nitrogens is 3. The highest BCUT2D eigenvalue weighted by Crippen LogP contribution is 2.17. The van der Waals surface area contributed by atoms with Gasteiger partial charge in [0.05, 0.1) is 12.1 Å². The molecule has 1 amide bonds. The zero-order valence-electron chi connectivity index (χ0n) is 12.8. The fraction of sp³-hybridized carbons (Fsp3) is 0.125. The summed E-state index contributed by atoms with van der Waals surface area (Å²) in [7, 11) is 0. The molecule has 122 valence electrons. The summed E-state index contributed by atoms with van der Waals surface area (Å²) in [5.41, 5.74) is 1.92. The van der Waals surface area contributed by atoms with E-state index in [-0.39, 0.29) is 17.6 Å². The largest absolute Gasteiger partial charge is 0.358 e. The molecular formula is C16H15N5O3. The van der Waals surface area contributed by atoms with Gasteiger partial charge >= 0.3 is 5.82 Å². The summed E-state index contributed by atoms with van der Waals surface area (Å²) in [5, 5.41) is 19.2. The molecule has 2 heterocycles. The first kappa shape index (κ1) is 15.5. The van der Waals surface area contributed by atoms with E-state index in [0.717, 1.165) is 17.3 Å². The average Bonchev–Trinajstić information content (AvgIpc) is 3.26. The zero-order valence-corrected chi connectivity index (χ0v) is 12.8. The van der Waals surface area contributed by atoms with Crippen molar-refractivity contribution in [1.82, 2.24) is 20.1 Å². The topological polar surface area (TPSA) is 106 Å². The Morgan fingerprint density at radius 1 is 1.29 bits per heavy atom. The first-order valence-corrected chi connectivity index (χ1v) is 7.28. The number of aromatic amines is 1. The molecule has 3 rings (SSSR count). The summed E-state index contributed by atoms with van der Waals surface area (Å²) < 4.78 is 1.98. The van der Waals surface area contributed by atoms with E-state index in [1.807, 2.05) is 60.3 Å². The molecule has 2 aromatic heterocycles. The molecule has 0 aliphatic heterocycles. The van der Waals surface area contributed by atoms with Crippen molar-refractivity contribution in [3.8, 4) is 5.69 Å². The minimum Gasteiger partial charge on any atom is -0.358 e. The van der Waals surface area contributed by atoms with Gasteiger partial charge in [0.2, 0.25) is 0 Å².